The van der Waals surface area contributed by atoms with E-state index in [1.54, 1.807) is 20.3 Å². The summed E-state index contributed by atoms with van der Waals surface area (Å²) in [6.45, 7) is 10.2. The predicted octanol–water partition coefficient (Wildman–Crippen LogP) is 4.56. The van der Waals surface area contributed by atoms with E-state index in [2.05, 4.69) is 13.0 Å². The van der Waals surface area contributed by atoms with Crippen molar-refractivity contribution in [3.05, 3.63) is 23.3 Å². The molecule has 174 valence electrons. The Hall–Kier alpha value is -1.21. The first kappa shape index (κ1) is 26.8. The van der Waals surface area contributed by atoms with Crippen LogP contribution in [0.2, 0.25) is 0 Å². The summed E-state index contributed by atoms with van der Waals surface area (Å²) in [6.07, 6.45) is 8.47. The second kappa shape index (κ2) is 12.6. The van der Waals surface area contributed by atoms with Crippen LogP contribution in [0.4, 0.5) is 0 Å². The van der Waals surface area contributed by atoms with Crippen molar-refractivity contribution in [3.63, 3.8) is 0 Å². The average molecular weight is 427 g/mol. The van der Waals surface area contributed by atoms with Gasteiger partial charge >= 0.3 is 5.97 Å². The molecule has 6 nitrogen and oxygen atoms in total. The van der Waals surface area contributed by atoms with E-state index in [0.29, 0.717) is 13.0 Å². The van der Waals surface area contributed by atoms with Crippen molar-refractivity contribution < 1.29 is 28.8 Å². The van der Waals surface area contributed by atoms with Crippen molar-refractivity contribution in [1.29, 1.82) is 0 Å². The van der Waals surface area contributed by atoms with Gasteiger partial charge in [0, 0.05) is 34.0 Å². The number of rotatable bonds is 11. The minimum atomic E-state index is -0.849. The number of aliphatic hydroxyl groups is 1. The topological polar surface area (TPSA) is 74.2 Å². The number of aliphatic hydroxyl groups excluding tert-OH is 1. The van der Waals surface area contributed by atoms with Gasteiger partial charge in [0.05, 0.1) is 13.2 Å². The molecule has 1 saturated heterocycles. The molecule has 0 aromatic heterocycles. The highest BCUT2D eigenvalue weighted by atomic mass is 16.7. The van der Waals surface area contributed by atoms with Crippen molar-refractivity contribution in [2.75, 3.05) is 27.4 Å². The fraction of sp³-hybridized carbons (Fsp3) is 0.792. The second-order valence-corrected chi connectivity index (χ2v) is 8.76. The Labute approximate surface area is 182 Å². The van der Waals surface area contributed by atoms with E-state index >= 15 is 0 Å². The molecule has 1 aliphatic rings. The molecule has 1 rings (SSSR count). The Balaban J connectivity index is 2.85. The van der Waals surface area contributed by atoms with Crippen LogP contribution >= 0.6 is 0 Å². The summed E-state index contributed by atoms with van der Waals surface area (Å²) < 4.78 is 23.6. The number of hydrogen-bond acceptors (Lipinski definition) is 6. The molecule has 0 aromatic carbocycles. The summed E-state index contributed by atoms with van der Waals surface area (Å²) in [5.41, 5.74) is 1.65. The number of hydrogen-bond donors (Lipinski definition) is 1. The van der Waals surface area contributed by atoms with Gasteiger partial charge in [-0.3, -0.25) is 4.79 Å². The van der Waals surface area contributed by atoms with Gasteiger partial charge in [-0.1, -0.05) is 24.6 Å². The van der Waals surface area contributed by atoms with Crippen LogP contribution in [-0.2, 0) is 23.7 Å². The molecule has 0 saturated carbocycles. The monoisotopic (exact) mass is 426 g/mol. The fourth-order valence-corrected chi connectivity index (χ4v) is 4.20. The van der Waals surface area contributed by atoms with Gasteiger partial charge in [-0.2, -0.15) is 0 Å². The molecule has 0 aliphatic carbocycles. The van der Waals surface area contributed by atoms with Crippen LogP contribution in [0.3, 0.4) is 0 Å². The summed E-state index contributed by atoms with van der Waals surface area (Å²) in [5.74, 6) is -0.865. The lowest BCUT2D eigenvalue weighted by atomic mass is 9.84. The fourth-order valence-electron chi connectivity index (χ4n) is 4.20. The zero-order valence-corrected chi connectivity index (χ0v) is 20.0. The highest BCUT2D eigenvalue weighted by molar-refractivity contribution is 5.66. The number of ether oxygens (including phenoxy) is 4. The van der Waals surface area contributed by atoms with Gasteiger partial charge in [0.2, 0.25) is 0 Å². The van der Waals surface area contributed by atoms with E-state index in [0.717, 1.165) is 37.7 Å². The Morgan fingerprint density at radius 2 is 1.93 bits per heavy atom. The molecule has 1 heterocycles. The Morgan fingerprint density at radius 1 is 1.27 bits per heavy atom. The Kier molecular flexibility index (Phi) is 11.3. The van der Waals surface area contributed by atoms with E-state index in [1.807, 2.05) is 20.8 Å². The lowest BCUT2D eigenvalue weighted by molar-refractivity contribution is -0.307. The first-order valence-electron chi connectivity index (χ1n) is 11.0. The van der Waals surface area contributed by atoms with Gasteiger partial charge in [0.25, 0.3) is 0 Å². The first-order chi connectivity index (χ1) is 14.1. The zero-order chi connectivity index (χ0) is 22.8. The highest BCUT2D eigenvalue weighted by Crippen LogP contribution is 2.42. The molecule has 3 atom stereocenters. The molecule has 30 heavy (non-hydrogen) atoms. The summed E-state index contributed by atoms with van der Waals surface area (Å²) >= 11 is 0. The molecule has 1 aliphatic heterocycles. The molecule has 0 aromatic rings. The maximum Gasteiger partial charge on any atom is 0.302 e. The standard InChI is InChI=1S/C24H42O6/c1-18(2)10-11-22(30-20(4)26)19(3)9-8-14-23(5)24(27-6,28-7)15-12-21(13-16-25)17-29-23/h10,13,19,22,25H,8-9,11-12,14-17H2,1-7H3/b21-13+/t19?,22?,23-/m0/s1. The van der Waals surface area contributed by atoms with Crippen LogP contribution in [0.15, 0.2) is 23.3 Å². The summed E-state index contributed by atoms with van der Waals surface area (Å²) in [6, 6.07) is 0. The van der Waals surface area contributed by atoms with Gasteiger partial charge in [-0.15, -0.1) is 0 Å². The molecule has 6 heteroatoms. The lowest BCUT2D eigenvalue weighted by Crippen LogP contribution is -2.55. The van der Waals surface area contributed by atoms with E-state index in [-0.39, 0.29) is 24.6 Å². The molecule has 0 amide bonds. The zero-order valence-electron chi connectivity index (χ0n) is 20.0. The van der Waals surface area contributed by atoms with Crippen molar-refractivity contribution in [3.8, 4) is 0 Å². The normalized spacial score (nSPS) is 24.7. The van der Waals surface area contributed by atoms with Gasteiger partial charge in [0.1, 0.15) is 11.7 Å². The van der Waals surface area contributed by atoms with Gasteiger partial charge in [0.15, 0.2) is 5.79 Å². The summed E-state index contributed by atoms with van der Waals surface area (Å²) in [5, 5.41) is 9.25. The molecule has 0 radical (unpaired) electrons. The third-order valence-corrected chi connectivity index (χ3v) is 6.22. The van der Waals surface area contributed by atoms with Crippen molar-refractivity contribution in [2.45, 2.75) is 90.6 Å². The maximum absolute atomic E-state index is 11.5. The number of carbonyl (C=O) groups is 1. The molecule has 1 fully saturated rings. The average Bonchev–Trinajstić information content (AvgIpc) is 2.82. The minimum absolute atomic E-state index is 0.00308. The molecular weight excluding hydrogens is 384 g/mol. The third-order valence-electron chi connectivity index (χ3n) is 6.22. The van der Waals surface area contributed by atoms with Crippen molar-refractivity contribution in [1.82, 2.24) is 0 Å². The van der Waals surface area contributed by atoms with Crippen molar-refractivity contribution >= 4 is 5.97 Å². The van der Waals surface area contributed by atoms with Gasteiger partial charge in [-0.05, 0) is 57.9 Å². The summed E-state index contributed by atoms with van der Waals surface area (Å²) in [7, 11) is 3.31. The first-order valence-corrected chi connectivity index (χ1v) is 11.0. The molecule has 1 N–H and O–H groups in total. The Morgan fingerprint density at radius 3 is 2.47 bits per heavy atom. The van der Waals surface area contributed by atoms with Crippen LogP contribution in [0.5, 0.6) is 0 Å². The number of carbonyl (C=O) groups excluding carboxylic acids is 1. The van der Waals surface area contributed by atoms with E-state index < -0.39 is 11.4 Å². The SMILES string of the molecule is COC1(OC)CC/C(=C\CO)CO[C@@]1(C)CCCC(C)C(CC=C(C)C)OC(C)=O. The summed E-state index contributed by atoms with van der Waals surface area (Å²) in [4.78, 5) is 11.5. The predicted molar refractivity (Wildman–Crippen MR) is 118 cm³/mol. The Bertz CT molecular complexity index is 589. The van der Waals surface area contributed by atoms with E-state index in [1.165, 1.54) is 12.5 Å². The van der Waals surface area contributed by atoms with Crippen LogP contribution in [0.1, 0.15) is 73.1 Å². The lowest BCUT2D eigenvalue weighted by Gasteiger charge is -2.45. The largest absolute Gasteiger partial charge is 0.462 e. The number of methoxy groups -OCH3 is 2. The second-order valence-electron chi connectivity index (χ2n) is 8.76. The molecule has 0 spiro atoms. The number of allylic oxidation sites excluding steroid dienone is 1. The quantitative estimate of drug-likeness (QED) is 0.297. The maximum atomic E-state index is 11.5. The van der Waals surface area contributed by atoms with E-state index in [4.69, 9.17) is 18.9 Å². The molecule has 0 bridgehead atoms. The minimum Gasteiger partial charge on any atom is -0.462 e. The van der Waals surface area contributed by atoms with E-state index in [9.17, 15) is 9.90 Å². The van der Waals surface area contributed by atoms with Crippen LogP contribution < -0.4 is 0 Å². The smallest absolute Gasteiger partial charge is 0.302 e. The van der Waals surface area contributed by atoms with Gasteiger partial charge < -0.3 is 24.1 Å². The molecular formula is C24H42O6. The molecule has 2 unspecified atom stereocenters. The van der Waals surface area contributed by atoms with Crippen LogP contribution in [0, 0.1) is 5.92 Å². The van der Waals surface area contributed by atoms with Crippen LogP contribution in [0.25, 0.3) is 0 Å². The van der Waals surface area contributed by atoms with Crippen LogP contribution in [-0.4, -0.2) is 56.0 Å². The van der Waals surface area contributed by atoms with Crippen molar-refractivity contribution in [2.24, 2.45) is 5.92 Å². The highest BCUT2D eigenvalue weighted by Gasteiger charge is 2.51. The number of esters is 1. The van der Waals surface area contributed by atoms with Gasteiger partial charge in [-0.25, -0.2) is 0 Å². The third kappa shape index (κ3) is 7.49.